The molecule has 0 saturated carbocycles. The number of carbonyl (C=O) groups is 1. The highest BCUT2D eigenvalue weighted by molar-refractivity contribution is 8.00. The summed E-state index contributed by atoms with van der Waals surface area (Å²) in [5, 5.41) is 3.17. The van der Waals surface area contributed by atoms with E-state index in [9.17, 15) is 4.79 Å². The summed E-state index contributed by atoms with van der Waals surface area (Å²) in [5.74, 6) is 2.90. The van der Waals surface area contributed by atoms with E-state index in [2.05, 4.69) is 19.2 Å². The molecule has 1 N–H and O–H groups in total. The van der Waals surface area contributed by atoms with Gasteiger partial charge in [0.2, 0.25) is 5.91 Å². The van der Waals surface area contributed by atoms with E-state index in [1.54, 1.807) is 26.0 Å². The number of rotatable bonds is 7. The van der Waals surface area contributed by atoms with Gasteiger partial charge in [0.1, 0.15) is 22.8 Å². The fourth-order valence-electron chi connectivity index (χ4n) is 3.21. The van der Waals surface area contributed by atoms with Gasteiger partial charge in [0.05, 0.1) is 20.0 Å². The molecule has 2 aromatic rings. The van der Waals surface area contributed by atoms with Crippen LogP contribution in [0.4, 0.5) is 0 Å². The normalized spacial score (nSPS) is 17.2. The van der Waals surface area contributed by atoms with Crippen LogP contribution in [-0.4, -0.2) is 31.5 Å². The first kappa shape index (κ1) is 20.4. The van der Waals surface area contributed by atoms with E-state index in [-0.39, 0.29) is 16.8 Å². The predicted molar refractivity (Wildman–Crippen MR) is 112 cm³/mol. The molecule has 1 aliphatic heterocycles. The fraction of sp³-hybridized carbons (Fsp3) is 0.409. The highest BCUT2D eigenvalue weighted by Gasteiger charge is 2.34. The van der Waals surface area contributed by atoms with Crippen LogP contribution in [-0.2, 0) is 11.3 Å². The first-order valence-corrected chi connectivity index (χ1v) is 10.3. The largest absolute Gasteiger partial charge is 0.497 e. The van der Waals surface area contributed by atoms with Crippen LogP contribution >= 0.6 is 11.8 Å². The molecule has 5 nitrogen and oxygen atoms in total. The van der Waals surface area contributed by atoms with Crippen molar-refractivity contribution in [2.45, 2.75) is 37.7 Å². The van der Waals surface area contributed by atoms with Gasteiger partial charge in [-0.2, -0.15) is 0 Å². The quantitative estimate of drug-likeness (QED) is 0.747. The van der Waals surface area contributed by atoms with Crippen molar-refractivity contribution < 1.29 is 19.0 Å². The molecule has 1 atom stereocenters. The summed E-state index contributed by atoms with van der Waals surface area (Å²) >= 11 is 1.64. The number of fused-ring (bicyclic) bond motifs is 1. The standard InChI is InChI=1S/C22H27NO4S/c1-22(2)12-20(18-11-17(26-4)9-10-19(18)27-22)28-14-21(24)23-13-15-5-7-16(25-3)8-6-15/h5-11,20H,12-14H2,1-4H3,(H,23,24)/t20-/m0/s1. The smallest absolute Gasteiger partial charge is 0.230 e. The molecule has 1 heterocycles. The van der Waals surface area contributed by atoms with E-state index in [1.807, 2.05) is 42.5 Å². The first-order valence-electron chi connectivity index (χ1n) is 9.28. The number of amides is 1. The van der Waals surface area contributed by atoms with E-state index < -0.39 is 0 Å². The van der Waals surface area contributed by atoms with Crippen LogP contribution in [0, 0.1) is 0 Å². The molecular weight excluding hydrogens is 374 g/mol. The van der Waals surface area contributed by atoms with Gasteiger partial charge in [0, 0.05) is 23.8 Å². The number of nitrogens with one attached hydrogen (secondary N) is 1. The lowest BCUT2D eigenvalue weighted by atomic mass is 9.93. The predicted octanol–water partition coefficient (Wildman–Crippen LogP) is 4.36. The number of methoxy groups -OCH3 is 2. The maximum absolute atomic E-state index is 12.4. The molecule has 0 spiro atoms. The van der Waals surface area contributed by atoms with Gasteiger partial charge < -0.3 is 19.5 Å². The summed E-state index contributed by atoms with van der Waals surface area (Å²) in [7, 11) is 3.30. The first-order chi connectivity index (χ1) is 13.4. The van der Waals surface area contributed by atoms with Crippen LogP contribution in [0.2, 0.25) is 0 Å². The average molecular weight is 402 g/mol. The van der Waals surface area contributed by atoms with Crippen LogP contribution in [0.15, 0.2) is 42.5 Å². The van der Waals surface area contributed by atoms with E-state index in [0.717, 1.165) is 34.8 Å². The van der Waals surface area contributed by atoms with Gasteiger partial charge in [-0.3, -0.25) is 4.79 Å². The Labute approximate surface area is 170 Å². The minimum atomic E-state index is -0.265. The van der Waals surface area contributed by atoms with Crippen LogP contribution in [0.1, 0.15) is 36.6 Å². The SMILES string of the molecule is COc1ccc(CNC(=O)CS[C@H]2CC(C)(C)Oc3ccc(OC)cc32)cc1. The van der Waals surface area contributed by atoms with Crippen molar-refractivity contribution in [3.8, 4) is 17.2 Å². The molecule has 0 bridgehead atoms. The van der Waals surface area contributed by atoms with Gasteiger partial charge in [-0.1, -0.05) is 12.1 Å². The molecule has 28 heavy (non-hydrogen) atoms. The summed E-state index contributed by atoms with van der Waals surface area (Å²) in [6.07, 6.45) is 0.837. The number of thioether (sulfide) groups is 1. The number of hydrogen-bond acceptors (Lipinski definition) is 5. The molecule has 0 saturated heterocycles. The van der Waals surface area contributed by atoms with Crippen LogP contribution < -0.4 is 19.5 Å². The molecule has 0 aliphatic carbocycles. The monoisotopic (exact) mass is 401 g/mol. The van der Waals surface area contributed by atoms with Crippen molar-refractivity contribution in [3.63, 3.8) is 0 Å². The van der Waals surface area contributed by atoms with Crippen molar-refractivity contribution in [1.29, 1.82) is 0 Å². The van der Waals surface area contributed by atoms with Crippen LogP contribution in [0.3, 0.4) is 0 Å². The lowest BCUT2D eigenvalue weighted by Crippen LogP contribution is -2.34. The Bertz CT molecular complexity index is 820. The molecule has 6 heteroatoms. The van der Waals surface area contributed by atoms with Gasteiger partial charge in [0.25, 0.3) is 0 Å². The summed E-state index contributed by atoms with van der Waals surface area (Å²) < 4.78 is 16.6. The van der Waals surface area contributed by atoms with Crippen LogP contribution in [0.25, 0.3) is 0 Å². The highest BCUT2D eigenvalue weighted by Crippen LogP contribution is 2.47. The van der Waals surface area contributed by atoms with E-state index in [0.29, 0.717) is 12.3 Å². The molecular formula is C22H27NO4S. The minimum absolute atomic E-state index is 0.0227. The van der Waals surface area contributed by atoms with Crippen molar-refractivity contribution in [2.75, 3.05) is 20.0 Å². The van der Waals surface area contributed by atoms with Gasteiger partial charge in [-0.25, -0.2) is 0 Å². The fourth-order valence-corrected chi connectivity index (χ4v) is 4.55. The van der Waals surface area contributed by atoms with Gasteiger partial charge in [0.15, 0.2) is 0 Å². The van der Waals surface area contributed by atoms with Gasteiger partial charge >= 0.3 is 0 Å². The zero-order chi connectivity index (χ0) is 20.1. The minimum Gasteiger partial charge on any atom is -0.497 e. The third-order valence-corrected chi connectivity index (χ3v) is 5.94. The number of ether oxygens (including phenoxy) is 3. The molecule has 1 aliphatic rings. The average Bonchev–Trinajstić information content (AvgIpc) is 2.69. The van der Waals surface area contributed by atoms with E-state index in [4.69, 9.17) is 14.2 Å². The lowest BCUT2D eigenvalue weighted by molar-refractivity contribution is -0.118. The molecule has 0 fully saturated rings. The van der Waals surface area contributed by atoms with Crippen molar-refractivity contribution >= 4 is 17.7 Å². The zero-order valence-corrected chi connectivity index (χ0v) is 17.6. The summed E-state index contributed by atoms with van der Waals surface area (Å²) in [6.45, 7) is 4.67. The summed E-state index contributed by atoms with van der Waals surface area (Å²) in [4.78, 5) is 12.4. The molecule has 0 unspecified atom stereocenters. The Morgan fingerprint density at radius 1 is 1.14 bits per heavy atom. The Balaban J connectivity index is 1.59. The maximum atomic E-state index is 12.4. The Hall–Kier alpha value is -2.34. The van der Waals surface area contributed by atoms with Crippen molar-refractivity contribution in [3.05, 3.63) is 53.6 Å². The number of hydrogen-bond donors (Lipinski definition) is 1. The molecule has 3 rings (SSSR count). The highest BCUT2D eigenvalue weighted by atomic mass is 32.2. The second-order valence-electron chi connectivity index (χ2n) is 7.39. The molecule has 0 radical (unpaired) electrons. The molecule has 150 valence electrons. The second-order valence-corrected chi connectivity index (χ2v) is 8.59. The molecule has 0 aromatic heterocycles. The van der Waals surface area contributed by atoms with E-state index >= 15 is 0 Å². The second kappa shape index (κ2) is 8.78. The van der Waals surface area contributed by atoms with Crippen molar-refractivity contribution in [2.24, 2.45) is 0 Å². The Kier molecular flexibility index (Phi) is 6.39. The topological polar surface area (TPSA) is 56.8 Å². The Morgan fingerprint density at radius 2 is 1.82 bits per heavy atom. The summed E-state index contributed by atoms with van der Waals surface area (Å²) in [6, 6.07) is 13.6. The maximum Gasteiger partial charge on any atom is 0.230 e. The van der Waals surface area contributed by atoms with Crippen LogP contribution in [0.5, 0.6) is 17.2 Å². The number of benzene rings is 2. The van der Waals surface area contributed by atoms with Gasteiger partial charge in [-0.05, 0) is 49.7 Å². The molecule has 2 aromatic carbocycles. The Morgan fingerprint density at radius 3 is 2.50 bits per heavy atom. The zero-order valence-electron chi connectivity index (χ0n) is 16.8. The van der Waals surface area contributed by atoms with Crippen molar-refractivity contribution in [1.82, 2.24) is 5.32 Å². The third kappa shape index (κ3) is 5.13. The number of carbonyl (C=O) groups excluding carboxylic acids is 1. The lowest BCUT2D eigenvalue weighted by Gasteiger charge is -2.37. The summed E-state index contributed by atoms with van der Waals surface area (Å²) in [5.41, 5.74) is 1.87. The molecule has 1 amide bonds. The third-order valence-electron chi connectivity index (χ3n) is 4.69. The van der Waals surface area contributed by atoms with E-state index in [1.165, 1.54) is 0 Å². The van der Waals surface area contributed by atoms with Gasteiger partial charge in [-0.15, -0.1) is 11.8 Å².